The molecule has 4 aromatic rings. The minimum atomic E-state index is -0.848. The van der Waals surface area contributed by atoms with Crippen molar-refractivity contribution in [2.45, 2.75) is 27.3 Å². The van der Waals surface area contributed by atoms with Crippen molar-refractivity contribution in [2.75, 3.05) is 5.32 Å². The second kappa shape index (κ2) is 8.04. The number of hydrogen-bond acceptors (Lipinski definition) is 6. The van der Waals surface area contributed by atoms with Gasteiger partial charge < -0.3 is 15.6 Å². The van der Waals surface area contributed by atoms with Crippen LogP contribution in [0.15, 0.2) is 28.8 Å². The van der Waals surface area contributed by atoms with Gasteiger partial charge in [-0.3, -0.25) is 14.3 Å². The summed E-state index contributed by atoms with van der Waals surface area (Å²) in [5.41, 5.74) is 7.78. The van der Waals surface area contributed by atoms with Crippen LogP contribution >= 0.6 is 11.6 Å². The van der Waals surface area contributed by atoms with E-state index in [9.17, 15) is 14.0 Å². The van der Waals surface area contributed by atoms with E-state index in [0.717, 1.165) is 6.07 Å². The summed E-state index contributed by atoms with van der Waals surface area (Å²) in [5, 5.41) is 11.3. The maximum atomic E-state index is 13.9. The Morgan fingerprint density at radius 1 is 1.22 bits per heavy atom. The van der Waals surface area contributed by atoms with Gasteiger partial charge in [0, 0.05) is 17.5 Å². The Balaban J connectivity index is 1.73. The highest BCUT2D eigenvalue weighted by Crippen LogP contribution is 2.27. The Labute approximate surface area is 186 Å². The number of carbonyl (C=O) groups excluding carboxylic acids is 2. The summed E-state index contributed by atoms with van der Waals surface area (Å²) in [6, 6.07) is 5.39. The zero-order valence-corrected chi connectivity index (χ0v) is 18.1. The van der Waals surface area contributed by atoms with Gasteiger partial charge in [0.05, 0.1) is 39.7 Å². The van der Waals surface area contributed by atoms with Crippen molar-refractivity contribution in [1.82, 2.24) is 19.9 Å². The summed E-state index contributed by atoms with van der Waals surface area (Å²) in [7, 11) is 0. The molecule has 3 N–H and O–H groups in total. The number of aromatic nitrogens is 4. The predicted octanol–water partition coefficient (Wildman–Crippen LogP) is 3.54. The standard InChI is InChI=1S/C21H18ClFN6O3/c1-9-4-12(28-32-9)8-29-11(3)19(10(2)27-29)26-21(31)14-6-18(20(24)30)25-17-7-16(23)15(22)5-13(14)17/h4-7H,8H2,1-3H3,(H2,24,30)(H,26,31). The molecule has 3 aromatic heterocycles. The van der Waals surface area contributed by atoms with Crippen molar-refractivity contribution in [1.29, 1.82) is 0 Å². The second-order valence-corrected chi connectivity index (χ2v) is 7.70. The highest BCUT2D eigenvalue weighted by Gasteiger charge is 2.21. The zero-order chi connectivity index (χ0) is 23.2. The highest BCUT2D eigenvalue weighted by molar-refractivity contribution is 6.31. The van der Waals surface area contributed by atoms with Crippen LogP contribution in [0, 0.1) is 26.6 Å². The van der Waals surface area contributed by atoms with Gasteiger partial charge in [-0.05, 0) is 32.9 Å². The molecule has 3 heterocycles. The molecule has 0 atom stereocenters. The van der Waals surface area contributed by atoms with E-state index in [-0.39, 0.29) is 27.2 Å². The smallest absolute Gasteiger partial charge is 0.267 e. The first-order valence-corrected chi connectivity index (χ1v) is 9.89. The Morgan fingerprint density at radius 2 is 1.97 bits per heavy atom. The summed E-state index contributed by atoms with van der Waals surface area (Å²) in [6.07, 6.45) is 0. The molecule has 11 heteroatoms. The van der Waals surface area contributed by atoms with Gasteiger partial charge in [0.1, 0.15) is 23.0 Å². The monoisotopic (exact) mass is 456 g/mol. The normalized spacial score (nSPS) is 11.2. The van der Waals surface area contributed by atoms with E-state index in [4.69, 9.17) is 21.9 Å². The van der Waals surface area contributed by atoms with E-state index in [1.54, 1.807) is 31.5 Å². The number of anilines is 1. The van der Waals surface area contributed by atoms with Crippen LogP contribution in [-0.2, 0) is 6.54 Å². The summed E-state index contributed by atoms with van der Waals surface area (Å²) >= 11 is 5.91. The third-order valence-electron chi connectivity index (χ3n) is 4.96. The number of aryl methyl sites for hydroxylation is 2. The molecule has 0 aliphatic heterocycles. The molecule has 4 rings (SSSR count). The summed E-state index contributed by atoms with van der Waals surface area (Å²) in [4.78, 5) is 28.9. The van der Waals surface area contributed by atoms with E-state index in [2.05, 4.69) is 20.6 Å². The van der Waals surface area contributed by atoms with E-state index < -0.39 is 17.6 Å². The van der Waals surface area contributed by atoms with Crippen molar-refractivity contribution < 1.29 is 18.5 Å². The van der Waals surface area contributed by atoms with Crippen LogP contribution in [0.1, 0.15) is 43.7 Å². The Hall–Kier alpha value is -3.79. The van der Waals surface area contributed by atoms with Gasteiger partial charge in [0.25, 0.3) is 11.8 Å². The fraction of sp³-hybridized carbons (Fsp3) is 0.190. The molecule has 0 spiro atoms. The Kier molecular flexibility index (Phi) is 5.39. The molecule has 0 bridgehead atoms. The largest absolute Gasteiger partial charge is 0.364 e. The van der Waals surface area contributed by atoms with E-state index in [1.807, 2.05) is 0 Å². The molecular formula is C21H18ClFN6O3. The molecule has 164 valence electrons. The lowest BCUT2D eigenvalue weighted by molar-refractivity contribution is 0.0996. The molecular weight excluding hydrogens is 439 g/mol. The van der Waals surface area contributed by atoms with Crippen LogP contribution in [0.2, 0.25) is 5.02 Å². The number of halogens is 2. The number of carbonyl (C=O) groups is 2. The molecule has 1 aromatic carbocycles. The topological polar surface area (TPSA) is 129 Å². The first-order chi connectivity index (χ1) is 15.1. The number of rotatable bonds is 5. The molecule has 32 heavy (non-hydrogen) atoms. The van der Waals surface area contributed by atoms with Gasteiger partial charge in [-0.15, -0.1) is 0 Å². The SMILES string of the molecule is Cc1cc(Cn2nc(C)c(NC(=O)c3cc(C(N)=O)nc4cc(F)c(Cl)cc34)c2C)no1. The molecule has 9 nitrogen and oxygen atoms in total. The first kappa shape index (κ1) is 21.4. The van der Waals surface area contributed by atoms with Crippen LogP contribution in [0.25, 0.3) is 10.9 Å². The average molecular weight is 457 g/mol. The molecule has 0 radical (unpaired) electrons. The van der Waals surface area contributed by atoms with Crippen LogP contribution in [-0.4, -0.2) is 31.7 Å². The number of pyridine rings is 1. The maximum absolute atomic E-state index is 13.9. The van der Waals surface area contributed by atoms with E-state index >= 15 is 0 Å². The number of benzene rings is 1. The zero-order valence-electron chi connectivity index (χ0n) is 17.4. The molecule has 0 fully saturated rings. The summed E-state index contributed by atoms with van der Waals surface area (Å²) < 4.78 is 20.7. The lowest BCUT2D eigenvalue weighted by atomic mass is 10.1. The van der Waals surface area contributed by atoms with Gasteiger partial charge in [-0.25, -0.2) is 9.37 Å². The van der Waals surface area contributed by atoms with Gasteiger partial charge in [-0.2, -0.15) is 5.10 Å². The second-order valence-electron chi connectivity index (χ2n) is 7.29. The van der Waals surface area contributed by atoms with Crippen molar-refractivity contribution in [3.8, 4) is 0 Å². The number of nitrogens with zero attached hydrogens (tertiary/aromatic N) is 4. The molecule has 0 saturated carbocycles. The number of fused-ring (bicyclic) bond motifs is 1. The quantitative estimate of drug-likeness (QED) is 0.472. The van der Waals surface area contributed by atoms with Gasteiger partial charge >= 0.3 is 0 Å². The molecule has 2 amide bonds. The average Bonchev–Trinajstić information content (AvgIpc) is 3.25. The lowest BCUT2D eigenvalue weighted by Gasteiger charge is -2.11. The van der Waals surface area contributed by atoms with Crippen LogP contribution < -0.4 is 11.1 Å². The lowest BCUT2D eigenvalue weighted by Crippen LogP contribution is -2.18. The summed E-state index contributed by atoms with van der Waals surface area (Å²) in [6.45, 7) is 5.70. The fourth-order valence-corrected chi connectivity index (χ4v) is 3.56. The minimum absolute atomic E-state index is 0.0735. The van der Waals surface area contributed by atoms with Crippen LogP contribution in [0.4, 0.5) is 10.1 Å². The van der Waals surface area contributed by atoms with Crippen molar-refractivity contribution in [2.24, 2.45) is 5.73 Å². The maximum Gasteiger partial charge on any atom is 0.267 e. The van der Waals surface area contributed by atoms with Gasteiger partial charge in [-0.1, -0.05) is 16.8 Å². The molecule has 0 saturated heterocycles. The third kappa shape index (κ3) is 3.92. The van der Waals surface area contributed by atoms with Crippen LogP contribution in [0.3, 0.4) is 0 Å². The van der Waals surface area contributed by atoms with Gasteiger partial charge in [0.2, 0.25) is 0 Å². The fourth-order valence-electron chi connectivity index (χ4n) is 3.39. The highest BCUT2D eigenvalue weighted by atomic mass is 35.5. The minimum Gasteiger partial charge on any atom is -0.364 e. The molecule has 0 aliphatic carbocycles. The molecule has 0 unspecified atom stereocenters. The number of nitrogens with two attached hydrogens (primary N) is 1. The number of primary amides is 1. The summed E-state index contributed by atoms with van der Waals surface area (Å²) in [5.74, 6) is -1.44. The van der Waals surface area contributed by atoms with Crippen molar-refractivity contribution in [3.05, 3.63) is 69.2 Å². The Morgan fingerprint density at radius 3 is 2.62 bits per heavy atom. The van der Waals surface area contributed by atoms with E-state index in [0.29, 0.717) is 35.1 Å². The third-order valence-corrected chi connectivity index (χ3v) is 5.25. The number of amides is 2. The van der Waals surface area contributed by atoms with Crippen LogP contribution in [0.5, 0.6) is 0 Å². The predicted molar refractivity (Wildman–Crippen MR) is 115 cm³/mol. The van der Waals surface area contributed by atoms with Crippen molar-refractivity contribution >= 4 is 40.0 Å². The molecule has 0 aliphatic rings. The number of nitrogens with one attached hydrogen (secondary N) is 1. The number of hydrogen-bond donors (Lipinski definition) is 2. The van der Waals surface area contributed by atoms with E-state index in [1.165, 1.54) is 12.1 Å². The van der Waals surface area contributed by atoms with Gasteiger partial charge in [0.15, 0.2) is 0 Å². The Bertz CT molecular complexity index is 1390. The van der Waals surface area contributed by atoms with Crippen molar-refractivity contribution in [3.63, 3.8) is 0 Å². The first-order valence-electron chi connectivity index (χ1n) is 9.51.